The molecule has 0 fully saturated rings. The second-order valence-corrected chi connectivity index (χ2v) is 8.00. The highest BCUT2D eigenvalue weighted by molar-refractivity contribution is 5.82. The smallest absolute Gasteiger partial charge is 0.130 e. The lowest BCUT2D eigenvalue weighted by atomic mass is 10.0. The first kappa shape index (κ1) is 22.3. The highest BCUT2D eigenvalue weighted by Crippen LogP contribution is 2.24. The number of benzene rings is 3. The Balaban J connectivity index is 1.32. The van der Waals surface area contributed by atoms with Gasteiger partial charge in [0, 0.05) is 17.8 Å². The average Bonchev–Trinajstić information content (AvgIpc) is 2.92. The Morgan fingerprint density at radius 2 is 1.49 bits per heavy atom. The molecule has 0 bridgehead atoms. The zero-order valence-corrected chi connectivity index (χ0v) is 19.0. The van der Waals surface area contributed by atoms with E-state index in [0.717, 1.165) is 44.8 Å². The van der Waals surface area contributed by atoms with E-state index in [4.69, 9.17) is 9.47 Å². The Bertz CT molecular complexity index is 1430. The van der Waals surface area contributed by atoms with Crippen molar-refractivity contribution in [1.82, 2.24) is 9.97 Å². The first-order chi connectivity index (χ1) is 17.2. The summed E-state index contributed by atoms with van der Waals surface area (Å²) in [5.74, 6) is 1.21. The number of rotatable bonds is 8. The molecule has 0 saturated carbocycles. The second kappa shape index (κ2) is 10.6. The fourth-order valence-corrected chi connectivity index (χ4v) is 3.68. The fourth-order valence-electron chi connectivity index (χ4n) is 3.68. The Morgan fingerprint density at radius 3 is 2.29 bits per heavy atom. The zero-order valence-electron chi connectivity index (χ0n) is 19.0. The van der Waals surface area contributed by atoms with Crippen molar-refractivity contribution in [1.29, 1.82) is 0 Å². The monoisotopic (exact) mass is 462 g/mol. The Morgan fingerprint density at radius 1 is 0.743 bits per heavy atom. The van der Waals surface area contributed by atoms with Gasteiger partial charge in [-0.05, 0) is 71.3 Å². The van der Waals surface area contributed by atoms with Gasteiger partial charge >= 0.3 is 0 Å². The quantitative estimate of drug-likeness (QED) is 0.234. The molecule has 5 aromatic rings. The lowest BCUT2D eigenvalue weighted by Crippen LogP contribution is -2.02. The van der Waals surface area contributed by atoms with E-state index in [1.807, 2.05) is 72.8 Å². The first-order valence-electron chi connectivity index (χ1n) is 11.3. The zero-order chi connectivity index (χ0) is 23.9. The summed E-state index contributed by atoms with van der Waals surface area (Å²) in [4.78, 5) is 8.68. The van der Waals surface area contributed by atoms with Crippen molar-refractivity contribution in [3.63, 3.8) is 0 Å². The highest BCUT2D eigenvalue weighted by Gasteiger charge is 2.06. The van der Waals surface area contributed by atoms with Crippen molar-refractivity contribution in [2.24, 2.45) is 0 Å². The van der Waals surface area contributed by atoms with Gasteiger partial charge in [0.15, 0.2) is 0 Å². The molecular formula is C30H23FN2O2. The average molecular weight is 463 g/mol. The number of halogens is 1. The lowest BCUT2D eigenvalue weighted by Gasteiger charge is -2.12. The van der Waals surface area contributed by atoms with Crippen molar-refractivity contribution >= 4 is 22.6 Å². The van der Waals surface area contributed by atoms with E-state index in [9.17, 15) is 4.39 Å². The maximum absolute atomic E-state index is 13.4. The maximum atomic E-state index is 13.4. The molecule has 3 aromatic carbocycles. The summed E-state index contributed by atoms with van der Waals surface area (Å²) in [5.41, 5.74) is 4.65. The van der Waals surface area contributed by atoms with Gasteiger partial charge in [-0.25, -0.2) is 9.37 Å². The van der Waals surface area contributed by atoms with Crippen LogP contribution in [0, 0.1) is 5.82 Å². The molecule has 0 aliphatic carbocycles. The van der Waals surface area contributed by atoms with E-state index in [1.54, 1.807) is 24.5 Å². The molecule has 2 heterocycles. The number of nitrogens with zero attached hydrogens (tertiary/aromatic N) is 2. The molecule has 4 nitrogen and oxygen atoms in total. The Hall–Kier alpha value is -4.51. The summed E-state index contributed by atoms with van der Waals surface area (Å²) in [6.07, 6.45) is 5.37. The number of aromatic nitrogens is 2. The van der Waals surface area contributed by atoms with Crippen molar-refractivity contribution in [2.45, 2.75) is 6.61 Å². The van der Waals surface area contributed by atoms with Crippen LogP contribution < -0.4 is 9.47 Å². The second-order valence-electron chi connectivity index (χ2n) is 8.00. The molecule has 0 unspecified atom stereocenters. The van der Waals surface area contributed by atoms with Crippen molar-refractivity contribution in [3.8, 4) is 11.5 Å². The minimum Gasteiger partial charge on any atom is -0.489 e. The minimum atomic E-state index is -0.265. The minimum absolute atomic E-state index is 0.265. The standard InChI is InChI=1S/C30H23FN2O2/c31-26-10-5-22(6-11-26)19-25(20-34-29-15-17-32-18-16-29)23-8-13-28(14-9-23)35-21-27-12-7-24-3-1-2-4-30(24)33-27/h1-19H,20-21H2/b25-19-. The van der Waals surface area contributed by atoms with Gasteiger partial charge in [-0.1, -0.05) is 48.5 Å². The molecule has 0 spiro atoms. The van der Waals surface area contributed by atoms with E-state index >= 15 is 0 Å². The van der Waals surface area contributed by atoms with Crippen LogP contribution in [0.25, 0.3) is 22.6 Å². The summed E-state index contributed by atoms with van der Waals surface area (Å²) in [7, 11) is 0. The molecule has 5 heteroatoms. The van der Waals surface area contributed by atoms with Gasteiger partial charge in [0.05, 0.1) is 11.2 Å². The van der Waals surface area contributed by atoms with E-state index in [0.29, 0.717) is 13.2 Å². The van der Waals surface area contributed by atoms with Crippen LogP contribution in [-0.2, 0) is 6.61 Å². The lowest BCUT2D eigenvalue weighted by molar-refractivity contribution is 0.302. The van der Waals surface area contributed by atoms with Gasteiger partial charge in [-0.2, -0.15) is 0 Å². The fraction of sp³-hybridized carbons (Fsp3) is 0.0667. The summed E-state index contributed by atoms with van der Waals surface area (Å²) in [6.45, 7) is 0.732. The Kier molecular flexibility index (Phi) is 6.76. The molecule has 5 rings (SSSR count). The predicted molar refractivity (Wildman–Crippen MR) is 137 cm³/mol. The van der Waals surface area contributed by atoms with Crippen LogP contribution in [0.15, 0.2) is 109 Å². The summed E-state index contributed by atoms with van der Waals surface area (Å²) in [6, 6.07) is 29.9. The summed E-state index contributed by atoms with van der Waals surface area (Å²) in [5, 5.41) is 1.11. The Labute approximate surface area is 203 Å². The van der Waals surface area contributed by atoms with Gasteiger partial charge in [0.2, 0.25) is 0 Å². The van der Waals surface area contributed by atoms with Gasteiger partial charge in [0.1, 0.15) is 30.5 Å². The van der Waals surface area contributed by atoms with E-state index in [2.05, 4.69) is 16.0 Å². The van der Waals surface area contributed by atoms with Crippen LogP contribution in [0.3, 0.4) is 0 Å². The third kappa shape index (κ3) is 5.89. The number of fused-ring (bicyclic) bond motifs is 1. The summed E-state index contributed by atoms with van der Waals surface area (Å²) >= 11 is 0. The van der Waals surface area contributed by atoms with Crippen LogP contribution in [0.1, 0.15) is 16.8 Å². The molecule has 172 valence electrons. The molecule has 0 amide bonds. The van der Waals surface area contributed by atoms with Gasteiger partial charge in [0.25, 0.3) is 0 Å². The van der Waals surface area contributed by atoms with Crippen LogP contribution in [0.2, 0.25) is 0 Å². The van der Waals surface area contributed by atoms with Gasteiger partial charge in [-0.3, -0.25) is 4.98 Å². The van der Waals surface area contributed by atoms with Gasteiger partial charge < -0.3 is 9.47 Å². The van der Waals surface area contributed by atoms with Crippen LogP contribution >= 0.6 is 0 Å². The van der Waals surface area contributed by atoms with Crippen LogP contribution in [0.4, 0.5) is 4.39 Å². The number of para-hydroxylation sites is 1. The van der Waals surface area contributed by atoms with Crippen molar-refractivity contribution in [2.75, 3.05) is 6.61 Å². The number of ether oxygens (including phenoxy) is 2. The molecule has 2 aromatic heterocycles. The summed E-state index contributed by atoms with van der Waals surface area (Å²) < 4.78 is 25.3. The van der Waals surface area contributed by atoms with E-state index < -0.39 is 0 Å². The van der Waals surface area contributed by atoms with Crippen LogP contribution in [-0.4, -0.2) is 16.6 Å². The number of hydrogen-bond donors (Lipinski definition) is 0. The molecule has 0 saturated heterocycles. The molecule has 35 heavy (non-hydrogen) atoms. The predicted octanol–water partition coefficient (Wildman–Crippen LogP) is 6.97. The van der Waals surface area contributed by atoms with Gasteiger partial charge in [-0.15, -0.1) is 0 Å². The molecule has 0 aliphatic rings. The van der Waals surface area contributed by atoms with Crippen molar-refractivity contribution < 1.29 is 13.9 Å². The largest absolute Gasteiger partial charge is 0.489 e. The first-order valence-corrected chi connectivity index (χ1v) is 11.3. The maximum Gasteiger partial charge on any atom is 0.130 e. The molecule has 0 atom stereocenters. The molecular weight excluding hydrogens is 439 g/mol. The number of hydrogen-bond acceptors (Lipinski definition) is 4. The van der Waals surface area contributed by atoms with E-state index in [-0.39, 0.29) is 5.82 Å². The molecule has 0 aliphatic heterocycles. The SMILES string of the molecule is Fc1ccc(/C=C(/COc2ccncc2)c2ccc(OCc3ccc4ccccc4n3)cc2)cc1. The van der Waals surface area contributed by atoms with E-state index in [1.165, 1.54) is 12.1 Å². The van der Waals surface area contributed by atoms with Crippen molar-refractivity contribution in [3.05, 3.63) is 132 Å². The van der Waals surface area contributed by atoms with Crippen LogP contribution in [0.5, 0.6) is 11.5 Å². The highest BCUT2D eigenvalue weighted by atomic mass is 19.1. The number of pyridine rings is 2. The third-order valence-electron chi connectivity index (χ3n) is 5.52. The normalized spacial score (nSPS) is 11.4. The molecule has 0 N–H and O–H groups in total. The topological polar surface area (TPSA) is 44.2 Å². The molecule has 0 radical (unpaired) electrons. The third-order valence-corrected chi connectivity index (χ3v) is 5.52.